The topological polar surface area (TPSA) is 52.0 Å². The molecule has 0 amide bonds. The fourth-order valence-corrected chi connectivity index (χ4v) is 2.29. The molecule has 1 atom stereocenters. The van der Waals surface area contributed by atoms with Crippen molar-refractivity contribution in [3.8, 4) is 0 Å². The van der Waals surface area contributed by atoms with Gasteiger partial charge in [0.2, 0.25) is 0 Å². The number of rotatable bonds is 5. The van der Waals surface area contributed by atoms with E-state index in [1.165, 1.54) is 11.8 Å². The first-order chi connectivity index (χ1) is 10.4. The molecule has 2 rings (SSSR count). The Labute approximate surface area is 138 Å². The average molecular weight is 339 g/mol. The Bertz CT molecular complexity index is 739. The van der Waals surface area contributed by atoms with Crippen LogP contribution < -0.4 is 5.56 Å². The van der Waals surface area contributed by atoms with Crippen molar-refractivity contribution in [1.29, 1.82) is 0 Å². The molecule has 0 bridgehead atoms. The summed E-state index contributed by atoms with van der Waals surface area (Å²) in [7, 11) is 0. The summed E-state index contributed by atoms with van der Waals surface area (Å²) in [6.07, 6.45) is 2.29. The van der Waals surface area contributed by atoms with Crippen molar-refractivity contribution in [2.75, 3.05) is 0 Å². The lowest BCUT2D eigenvalue weighted by molar-refractivity contribution is 0.0965. The molecule has 0 saturated heterocycles. The van der Waals surface area contributed by atoms with Crippen molar-refractivity contribution < 1.29 is 4.79 Å². The lowest BCUT2D eigenvalue weighted by Gasteiger charge is -2.10. The minimum atomic E-state index is -0.571. The maximum Gasteiger partial charge on any atom is 0.287 e. The fraction of sp³-hybridized carbons (Fsp3) is 0.312. The number of carbonyl (C=O) groups excluding carboxylic acids is 1. The molecule has 116 valence electrons. The van der Waals surface area contributed by atoms with E-state index in [9.17, 15) is 9.59 Å². The van der Waals surface area contributed by atoms with Crippen LogP contribution in [0.5, 0.6) is 0 Å². The molecule has 1 aromatic heterocycles. The molecule has 0 saturated carbocycles. The van der Waals surface area contributed by atoms with Gasteiger partial charge in [-0.2, -0.15) is 5.10 Å². The third kappa shape index (κ3) is 3.57. The number of hydrogen-bond acceptors (Lipinski definition) is 3. The van der Waals surface area contributed by atoms with Gasteiger partial charge in [0.1, 0.15) is 11.6 Å². The molecule has 0 aliphatic rings. The SMILES string of the molecule is CC[C@H](C)c1ccc(C(=O)Cn2ncc(Cl)c(Cl)c2=O)cc1. The summed E-state index contributed by atoms with van der Waals surface area (Å²) < 4.78 is 1.01. The molecule has 0 fully saturated rings. The number of aromatic nitrogens is 2. The highest BCUT2D eigenvalue weighted by atomic mass is 35.5. The molecule has 6 heteroatoms. The van der Waals surface area contributed by atoms with Crippen LogP contribution in [0.25, 0.3) is 0 Å². The first-order valence-corrected chi connectivity index (χ1v) is 7.74. The monoisotopic (exact) mass is 338 g/mol. The molecule has 0 aliphatic carbocycles. The molecule has 1 aromatic carbocycles. The molecule has 22 heavy (non-hydrogen) atoms. The summed E-state index contributed by atoms with van der Waals surface area (Å²) in [6, 6.07) is 7.41. The van der Waals surface area contributed by atoms with E-state index in [-0.39, 0.29) is 22.4 Å². The van der Waals surface area contributed by atoms with Crippen LogP contribution in [0.2, 0.25) is 10.0 Å². The van der Waals surface area contributed by atoms with E-state index in [4.69, 9.17) is 23.2 Å². The van der Waals surface area contributed by atoms with E-state index in [0.29, 0.717) is 11.5 Å². The summed E-state index contributed by atoms with van der Waals surface area (Å²) in [4.78, 5) is 24.1. The smallest absolute Gasteiger partial charge is 0.287 e. The normalized spacial score (nSPS) is 12.2. The molecular weight excluding hydrogens is 323 g/mol. The second-order valence-corrected chi connectivity index (χ2v) is 5.91. The molecule has 0 aliphatic heterocycles. The van der Waals surface area contributed by atoms with Crippen molar-refractivity contribution in [1.82, 2.24) is 9.78 Å². The van der Waals surface area contributed by atoms with Crippen LogP contribution in [0.15, 0.2) is 35.3 Å². The van der Waals surface area contributed by atoms with Crippen LogP contribution >= 0.6 is 23.2 Å². The molecule has 4 nitrogen and oxygen atoms in total. The largest absolute Gasteiger partial charge is 0.292 e. The third-order valence-electron chi connectivity index (χ3n) is 3.65. The summed E-state index contributed by atoms with van der Waals surface area (Å²) in [5, 5.41) is 3.78. The summed E-state index contributed by atoms with van der Waals surface area (Å²) >= 11 is 11.5. The van der Waals surface area contributed by atoms with Gasteiger partial charge in [-0.15, -0.1) is 0 Å². The van der Waals surface area contributed by atoms with Gasteiger partial charge in [0, 0.05) is 5.56 Å². The maximum atomic E-state index is 12.2. The highest BCUT2D eigenvalue weighted by Crippen LogP contribution is 2.19. The second-order valence-electron chi connectivity index (χ2n) is 5.12. The molecule has 0 radical (unpaired) electrons. The maximum absolute atomic E-state index is 12.2. The Balaban J connectivity index is 2.19. The van der Waals surface area contributed by atoms with Crippen LogP contribution in [0, 0.1) is 0 Å². The van der Waals surface area contributed by atoms with Crippen LogP contribution in [0.1, 0.15) is 42.1 Å². The standard InChI is InChI=1S/C16H16Cl2N2O2/c1-3-10(2)11-4-6-12(7-5-11)14(21)9-20-16(22)15(18)13(17)8-19-20/h4-8,10H,3,9H2,1-2H3/t10-/m0/s1. The van der Waals surface area contributed by atoms with Gasteiger partial charge in [-0.25, -0.2) is 4.68 Å². The number of halogens is 2. The van der Waals surface area contributed by atoms with E-state index in [0.717, 1.165) is 11.1 Å². The molecule has 0 spiro atoms. The Morgan fingerprint density at radius 2 is 1.91 bits per heavy atom. The zero-order chi connectivity index (χ0) is 16.3. The van der Waals surface area contributed by atoms with Gasteiger partial charge in [-0.1, -0.05) is 61.3 Å². The predicted octanol–water partition coefficient (Wildman–Crippen LogP) is 3.95. The number of nitrogens with zero attached hydrogens (tertiary/aromatic N) is 2. The zero-order valence-electron chi connectivity index (χ0n) is 12.3. The quantitative estimate of drug-likeness (QED) is 0.775. The number of benzene rings is 1. The van der Waals surface area contributed by atoms with E-state index < -0.39 is 5.56 Å². The van der Waals surface area contributed by atoms with Crippen LogP contribution in [0.4, 0.5) is 0 Å². The Kier molecular flexibility index (Phi) is 5.37. The van der Waals surface area contributed by atoms with Gasteiger partial charge < -0.3 is 0 Å². The zero-order valence-corrected chi connectivity index (χ0v) is 13.9. The Morgan fingerprint density at radius 1 is 1.27 bits per heavy atom. The highest BCUT2D eigenvalue weighted by molar-refractivity contribution is 6.41. The van der Waals surface area contributed by atoms with E-state index in [2.05, 4.69) is 18.9 Å². The number of carbonyl (C=O) groups is 1. The van der Waals surface area contributed by atoms with Crippen molar-refractivity contribution in [3.05, 3.63) is 62.0 Å². The minimum absolute atomic E-state index is 0.0771. The second kappa shape index (κ2) is 7.07. The molecular formula is C16H16Cl2N2O2. The summed E-state index contributed by atoms with van der Waals surface area (Å²) in [6.45, 7) is 4.08. The van der Waals surface area contributed by atoms with Crippen molar-refractivity contribution in [3.63, 3.8) is 0 Å². The van der Waals surface area contributed by atoms with Gasteiger partial charge >= 0.3 is 0 Å². The van der Waals surface area contributed by atoms with Crippen molar-refractivity contribution in [2.45, 2.75) is 32.7 Å². The fourth-order valence-electron chi connectivity index (χ4n) is 2.02. The van der Waals surface area contributed by atoms with Gasteiger partial charge in [0.05, 0.1) is 11.2 Å². The van der Waals surface area contributed by atoms with E-state index in [1.54, 1.807) is 12.1 Å². The number of hydrogen-bond donors (Lipinski definition) is 0. The van der Waals surface area contributed by atoms with Gasteiger partial charge in [-0.3, -0.25) is 9.59 Å². The lowest BCUT2D eigenvalue weighted by atomic mass is 9.97. The van der Waals surface area contributed by atoms with Crippen LogP contribution in [-0.4, -0.2) is 15.6 Å². The minimum Gasteiger partial charge on any atom is -0.292 e. The van der Waals surface area contributed by atoms with Crippen molar-refractivity contribution in [2.24, 2.45) is 0 Å². The van der Waals surface area contributed by atoms with Crippen LogP contribution in [0.3, 0.4) is 0 Å². The lowest BCUT2D eigenvalue weighted by Crippen LogP contribution is -2.27. The van der Waals surface area contributed by atoms with E-state index >= 15 is 0 Å². The summed E-state index contributed by atoms with van der Waals surface area (Å²) in [5.74, 6) is 0.243. The third-order valence-corrected chi connectivity index (χ3v) is 4.40. The van der Waals surface area contributed by atoms with Gasteiger partial charge in [0.25, 0.3) is 5.56 Å². The molecule has 2 aromatic rings. The molecule has 0 N–H and O–H groups in total. The average Bonchev–Trinajstić information content (AvgIpc) is 2.54. The summed E-state index contributed by atoms with van der Waals surface area (Å²) in [5.41, 5.74) is 1.15. The van der Waals surface area contributed by atoms with Gasteiger partial charge in [0.15, 0.2) is 5.78 Å². The first kappa shape index (κ1) is 16.7. The van der Waals surface area contributed by atoms with E-state index in [1.807, 2.05) is 12.1 Å². The predicted molar refractivity (Wildman–Crippen MR) is 88.0 cm³/mol. The number of Topliss-reactive ketones (excluding diaryl/α,β-unsaturated/α-hetero) is 1. The van der Waals surface area contributed by atoms with Crippen molar-refractivity contribution >= 4 is 29.0 Å². The molecule has 1 heterocycles. The highest BCUT2D eigenvalue weighted by Gasteiger charge is 2.13. The number of ketones is 1. The Hall–Kier alpha value is -1.65. The van der Waals surface area contributed by atoms with Gasteiger partial charge in [-0.05, 0) is 17.9 Å². The first-order valence-electron chi connectivity index (χ1n) is 6.98. The molecule has 0 unspecified atom stereocenters. The Morgan fingerprint density at radius 3 is 2.50 bits per heavy atom. The van der Waals surface area contributed by atoms with Crippen LogP contribution in [-0.2, 0) is 6.54 Å².